The Bertz CT molecular complexity index is 968. The van der Waals surface area contributed by atoms with E-state index >= 15 is 0 Å². The van der Waals surface area contributed by atoms with Crippen LogP contribution < -0.4 is 0 Å². The molecular formula is C16H13N3O4S. The lowest BCUT2D eigenvalue weighted by molar-refractivity contribution is -0.141. The van der Waals surface area contributed by atoms with Crippen molar-refractivity contribution in [1.29, 1.82) is 0 Å². The minimum atomic E-state index is -1.08. The molecule has 2 aromatic heterocycles. The van der Waals surface area contributed by atoms with E-state index in [1.165, 1.54) is 22.1 Å². The molecule has 3 aliphatic rings. The van der Waals surface area contributed by atoms with Crippen LogP contribution in [-0.4, -0.2) is 36.9 Å². The first-order valence-electron chi connectivity index (χ1n) is 7.78. The van der Waals surface area contributed by atoms with E-state index in [4.69, 9.17) is 9.52 Å². The first-order valence-corrected chi connectivity index (χ1v) is 8.72. The highest BCUT2D eigenvalue weighted by molar-refractivity contribution is 8.03. The van der Waals surface area contributed by atoms with Crippen LogP contribution in [0.3, 0.4) is 0 Å². The van der Waals surface area contributed by atoms with Crippen molar-refractivity contribution in [3.05, 3.63) is 39.9 Å². The van der Waals surface area contributed by atoms with Gasteiger partial charge in [-0.3, -0.25) is 9.69 Å². The van der Waals surface area contributed by atoms with Gasteiger partial charge in [0.2, 0.25) is 5.71 Å². The molecule has 2 aliphatic heterocycles. The summed E-state index contributed by atoms with van der Waals surface area (Å²) in [6.45, 7) is 0. The Morgan fingerprint density at radius 3 is 3.08 bits per heavy atom. The Morgan fingerprint density at radius 1 is 1.42 bits per heavy atom. The number of amides is 1. The number of oxazole rings is 1. The highest BCUT2D eigenvalue weighted by Gasteiger charge is 2.49. The van der Waals surface area contributed by atoms with Crippen LogP contribution in [0.25, 0.3) is 11.8 Å². The van der Waals surface area contributed by atoms with Gasteiger partial charge in [-0.2, -0.15) is 5.10 Å². The average molecular weight is 343 g/mol. The molecule has 0 radical (unpaired) electrons. The number of carbonyl (C=O) groups excluding carboxylic acids is 1. The topological polar surface area (TPSA) is 88.0 Å². The van der Waals surface area contributed by atoms with E-state index in [-0.39, 0.29) is 17.0 Å². The Balaban J connectivity index is 1.47. The molecule has 5 rings (SSSR count). The van der Waals surface area contributed by atoms with E-state index in [9.17, 15) is 9.59 Å². The van der Waals surface area contributed by atoms with Crippen molar-refractivity contribution < 1.29 is 19.1 Å². The first-order chi connectivity index (χ1) is 11.6. The lowest BCUT2D eigenvalue weighted by Crippen LogP contribution is -2.51. The molecule has 24 heavy (non-hydrogen) atoms. The van der Waals surface area contributed by atoms with Crippen molar-refractivity contribution >= 4 is 35.4 Å². The van der Waals surface area contributed by atoms with Crippen LogP contribution in [0, 0.1) is 0 Å². The summed E-state index contributed by atoms with van der Waals surface area (Å²) in [6.07, 6.45) is 5.91. The summed E-state index contributed by atoms with van der Waals surface area (Å²) in [5.41, 5.74) is 3.09. The number of nitrogens with zero attached hydrogens (tertiary/aromatic N) is 3. The molecule has 1 amide bonds. The molecule has 4 heterocycles. The standard InChI is InChI=1S/C16H13N3O4S/c20-14-9(15-18(14)11(7-24-15)16(21)22)5-8-6-13-19(17-8)10-3-1-2-4-12(10)23-13/h5-7,15H,1-4H2,(H,21,22)/t15-/m1/s1. The zero-order valence-electron chi connectivity index (χ0n) is 12.6. The van der Waals surface area contributed by atoms with E-state index in [0.717, 1.165) is 37.1 Å². The van der Waals surface area contributed by atoms with Crippen LogP contribution in [0.1, 0.15) is 30.0 Å². The zero-order valence-corrected chi connectivity index (χ0v) is 13.4. The van der Waals surface area contributed by atoms with Gasteiger partial charge in [-0.1, -0.05) is 0 Å². The lowest BCUT2D eigenvalue weighted by Gasteiger charge is -2.36. The number of carboxylic acid groups (broad SMARTS) is 1. The molecular weight excluding hydrogens is 330 g/mol. The van der Waals surface area contributed by atoms with Crippen molar-refractivity contribution in [3.8, 4) is 0 Å². The van der Waals surface area contributed by atoms with Crippen molar-refractivity contribution in [3.63, 3.8) is 0 Å². The normalized spacial score (nSPS) is 24.1. The van der Waals surface area contributed by atoms with Gasteiger partial charge in [-0.05, 0) is 25.3 Å². The van der Waals surface area contributed by atoms with Crippen molar-refractivity contribution in [1.82, 2.24) is 14.5 Å². The smallest absolute Gasteiger partial charge is 0.353 e. The predicted molar refractivity (Wildman–Crippen MR) is 86.0 cm³/mol. The van der Waals surface area contributed by atoms with Gasteiger partial charge in [-0.15, -0.1) is 11.8 Å². The minimum Gasteiger partial charge on any atom is -0.477 e. The van der Waals surface area contributed by atoms with Gasteiger partial charge in [0.25, 0.3) is 5.91 Å². The fourth-order valence-corrected chi connectivity index (χ4v) is 4.58. The molecule has 7 nitrogen and oxygen atoms in total. The highest BCUT2D eigenvalue weighted by atomic mass is 32.2. The van der Waals surface area contributed by atoms with E-state index in [0.29, 0.717) is 17.0 Å². The largest absolute Gasteiger partial charge is 0.477 e. The van der Waals surface area contributed by atoms with Crippen molar-refractivity contribution in [2.75, 3.05) is 0 Å². The SMILES string of the molecule is O=C(O)C1=CS[C@@H]2C(=Cc3cc4oc5c(n4n3)CCCC5)C(=O)N12. The molecule has 1 aliphatic carbocycles. The second kappa shape index (κ2) is 4.76. The molecule has 8 heteroatoms. The maximum absolute atomic E-state index is 12.2. The van der Waals surface area contributed by atoms with E-state index in [1.54, 1.807) is 6.08 Å². The molecule has 1 fully saturated rings. The summed E-state index contributed by atoms with van der Waals surface area (Å²) < 4.78 is 7.67. The van der Waals surface area contributed by atoms with Crippen LogP contribution in [0.2, 0.25) is 0 Å². The number of thioether (sulfide) groups is 1. The maximum Gasteiger partial charge on any atom is 0.353 e. The zero-order chi connectivity index (χ0) is 16.4. The van der Waals surface area contributed by atoms with Crippen LogP contribution >= 0.6 is 11.8 Å². The third kappa shape index (κ3) is 1.77. The molecule has 0 unspecified atom stereocenters. The Labute approximate surface area is 140 Å². The van der Waals surface area contributed by atoms with Crippen molar-refractivity contribution in [2.45, 2.75) is 31.1 Å². The van der Waals surface area contributed by atoms with Crippen LogP contribution in [0.4, 0.5) is 0 Å². The van der Waals surface area contributed by atoms with Gasteiger partial charge in [-0.25, -0.2) is 9.31 Å². The second-order valence-electron chi connectivity index (χ2n) is 6.07. The van der Waals surface area contributed by atoms with Crippen LogP contribution in [0.15, 0.2) is 27.2 Å². The Kier molecular flexibility index (Phi) is 2.76. The number of β-lactam (4-membered cyclic amide) rings is 1. The summed E-state index contributed by atoms with van der Waals surface area (Å²) in [6, 6.07) is 1.83. The van der Waals surface area contributed by atoms with Gasteiger partial charge in [0, 0.05) is 17.9 Å². The molecule has 0 spiro atoms. The van der Waals surface area contributed by atoms with Gasteiger partial charge in [0.1, 0.15) is 16.8 Å². The Hall–Kier alpha value is -2.48. The molecule has 1 N–H and O–H groups in total. The lowest BCUT2D eigenvalue weighted by atomic mass is 10.0. The number of hydrogen-bond acceptors (Lipinski definition) is 5. The third-order valence-corrected chi connectivity index (χ3v) is 5.71. The monoisotopic (exact) mass is 343 g/mol. The molecule has 1 atom stereocenters. The fourth-order valence-electron chi connectivity index (χ4n) is 3.47. The number of aliphatic carboxylic acids is 1. The van der Waals surface area contributed by atoms with Gasteiger partial charge < -0.3 is 9.52 Å². The van der Waals surface area contributed by atoms with E-state index < -0.39 is 5.97 Å². The number of hydrogen-bond donors (Lipinski definition) is 1. The van der Waals surface area contributed by atoms with E-state index in [2.05, 4.69) is 5.10 Å². The fraction of sp³-hybridized carbons (Fsp3) is 0.312. The average Bonchev–Trinajstić information content (AvgIpc) is 3.22. The van der Waals surface area contributed by atoms with Gasteiger partial charge in [0.05, 0.1) is 17.0 Å². The molecule has 0 aromatic carbocycles. The number of rotatable bonds is 2. The quantitative estimate of drug-likeness (QED) is 0.663. The van der Waals surface area contributed by atoms with Gasteiger partial charge >= 0.3 is 5.97 Å². The molecule has 0 saturated carbocycles. The summed E-state index contributed by atoms with van der Waals surface area (Å²) in [7, 11) is 0. The predicted octanol–water partition coefficient (Wildman–Crippen LogP) is 2.03. The Morgan fingerprint density at radius 2 is 2.25 bits per heavy atom. The summed E-state index contributed by atoms with van der Waals surface area (Å²) in [5, 5.41) is 14.9. The number of carbonyl (C=O) groups is 2. The van der Waals surface area contributed by atoms with Crippen LogP contribution in [-0.2, 0) is 22.4 Å². The first kappa shape index (κ1) is 13.9. The summed E-state index contributed by atoms with van der Waals surface area (Å²) >= 11 is 1.33. The molecule has 122 valence electrons. The summed E-state index contributed by atoms with van der Waals surface area (Å²) in [4.78, 5) is 24.6. The second-order valence-corrected chi connectivity index (χ2v) is 7.02. The van der Waals surface area contributed by atoms with Crippen LogP contribution in [0.5, 0.6) is 0 Å². The highest BCUT2D eigenvalue weighted by Crippen LogP contribution is 2.45. The minimum absolute atomic E-state index is 0.0415. The maximum atomic E-state index is 12.2. The van der Waals surface area contributed by atoms with E-state index in [1.807, 2.05) is 10.6 Å². The third-order valence-electron chi connectivity index (χ3n) is 4.63. The van der Waals surface area contributed by atoms with Crippen molar-refractivity contribution in [2.24, 2.45) is 0 Å². The van der Waals surface area contributed by atoms with Gasteiger partial charge in [0.15, 0.2) is 0 Å². The molecule has 2 aromatic rings. The summed E-state index contributed by atoms with van der Waals surface area (Å²) in [5.74, 6) is -0.343. The number of aromatic nitrogens is 2. The number of aryl methyl sites for hydroxylation is 2. The number of carboxylic acids is 1. The number of fused-ring (bicyclic) bond motifs is 4. The molecule has 0 bridgehead atoms. The molecule has 1 saturated heterocycles.